The van der Waals surface area contributed by atoms with E-state index >= 15 is 0 Å². The zero-order valence-electron chi connectivity index (χ0n) is 32.1. The van der Waals surface area contributed by atoms with Crippen molar-refractivity contribution in [3.8, 4) is 67.7 Å². The van der Waals surface area contributed by atoms with Crippen LogP contribution in [0.25, 0.3) is 121 Å². The Labute approximate surface area is 348 Å². The van der Waals surface area contributed by atoms with E-state index in [2.05, 4.69) is 146 Å². The van der Waals surface area contributed by atoms with Gasteiger partial charge in [0.15, 0.2) is 17.5 Å². The number of rotatable bonds is 6. The molecule has 0 radical (unpaired) electrons. The lowest BCUT2D eigenvalue weighted by atomic mass is 9.97. The van der Waals surface area contributed by atoms with Crippen molar-refractivity contribution >= 4 is 64.4 Å². The third-order valence-corrected chi connectivity index (χ3v) is 12.6. The van der Waals surface area contributed by atoms with Crippen molar-refractivity contribution < 1.29 is 4.42 Å². The third kappa shape index (κ3) is 5.69. The van der Waals surface area contributed by atoms with Crippen LogP contribution in [-0.2, 0) is 0 Å². The van der Waals surface area contributed by atoms with Gasteiger partial charge in [-0.15, -0.1) is 11.3 Å². The molecule has 6 heteroatoms. The zero-order valence-corrected chi connectivity index (χ0v) is 32.9. The van der Waals surface area contributed by atoms with Gasteiger partial charge in [-0.3, -0.25) is 0 Å². The van der Waals surface area contributed by atoms with Gasteiger partial charge in [-0.2, -0.15) is 0 Å². The van der Waals surface area contributed by atoms with Gasteiger partial charge in [0.2, 0.25) is 0 Å². The SMILES string of the molecule is c1ccc(-c2ccc(-c3nc(-c4ccccc4)nc(-c4ccc(-c5nc6c(-c7cccc8c7oc7ccccc78)cccc6c6sc7ccccc7c56)cc4)n3)cc2)cc1. The first kappa shape index (κ1) is 34.3. The molecular weight excluding hydrogens is 753 g/mol. The molecule has 12 rings (SSSR count). The van der Waals surface area contributed by atoms with Gasteiger partial charge in [-0.25, -0.2) is 19.9 Å². The molecule has 12 aromatic rings. The van der Waals surface area contributed by atoms with E-state index < -0.39 is 0 Å². The van der Waals surface area contributed by atoms with Gasteiger partial charge in [-0.05, 0) is 23.3 Å². The maximum atomic E-state index is 6.55. The Morgan fingerprint density at radius 1 is 0.350 bits per heavy atom. The molecule has 0 spiro atoms. The molecule has 0 atom stereocenters. The number of furan rings is 1. The van der Waals surface area contributed by atoms with E-state index in [1.165, 1.54) is 20.3 Å². The first-order valence-corrected chi connectivity index (χ1v) is 20.8. The lowest BCUT2D eigenvalue weighted by Crippen LogP contribution is -2.00. The number of hydrogen-bond donors (Lipinski definition) is 0. The lowest BCUT2D eigenvalue weighted by molar-refractivity contribution is 0.670. The fourth-order valence-corrected chi connectivity index (χ4v) is 9.67. The molecule has 0 saturated carbocycles. The van der Waals surface area contributed by atoms with Crippen LogP contribution in [0.5, 0.6) is 0 Å². The van der Waals surface area contributed by atoms with E-state index in [1.54, 1.807) is 0 Å². The molecule has 8 aromatic carbocycles. The molecular formula is C54H32N4OS. The number of pyridine rings is 1. The molecule has 0 N–H and O–H groups in total. The first-order valence-electron chi connectivity index (χ1n) is 20.0. The standard InChI is InChI=1S/C54H32N4OS/c1-3-13-33(14-4-1)34-25-29-37(30-26-34)53-56-52(36-15-5-2-6-16-36)57-54(58-53)38-31-27-35(28-32-38)48-47-43-18-8-10-24-46(43)60-51(47)44-22-11-19-40(49(44)55-48)42-21-12-20-41-39-17-7-9-23-45(39)59-50(41)42/h1-32H. The molecule has 60 heavy (non-hydrogen) atoms. The summed E-state index contributed by atoms with van der Waals surface area (Å²) in [5.41, 5.74) is 11.8. The Balaban J connectivity index is 1.01. The van der Waals surface area contributed by atoms with Crippen molar-refractivity contribution in [3.63, 3.8) is 0 Å². The minimum Gasteiger partial charge on any atom is -0.455 e. The summed E-state index contributed by atoms with van der Waals surface area (Å²) in [7, 11) is 0. The minimum atomic E-state index is 0.608. The Morgan fingerprint density at radius 2 is 0.850 bits per heavy atom. The summed E-state index contributed by atoms with van der Waals surface area (Å²) in [6, 6.07) is 67.2. The maximum Gasteiger partial charge on any atom is 0.164 e. The van der Waals surface area contributed by atoms with Crippen LogP contribution in [0.2, 0.25) is 0 Å². The second-order valence-electron chi connectivity index (χ2n) is 14.9. The zero-order chi connectivity index (χ0) is 39.6. The summed E-state index contributed by atoms with van der Waals surface area (Å²) in [4.78, 5) is 20.7. The van der Waals surface area contributed by atoms with Gasteiger partial charge in [0.25, 0.3) is 0 Å². The Hall–Kier alpha value is -7.80. The van der Waals surface area contributed by atoms with E-state index in [1.807, 2.05) is 59.9 Å². The van der Waals surface area contributed by atoms with E-state index in [9.17, 15) is 0 Å². The molecule has 0 saturated heterocycles. The molecule has 0 fully saturated rings. The predicted molar refractivity (Wildman–Crippen MR) is 248 cm³/mol. The van der Waals surface area contributed by atoms with Gasteiger partial charge in [0.05, 0.1) is 11.2 Å². The van der Waals surface area contributed by atoms with Crippen LogP contribution >= 0.6 is 11.3 Å². The van der Waals surface area contributed by atoms with Crippen LogP contribution in [-0.4, -0.2) is 19.9 Å². The number of para-hydroxylation sites is 3. The first-order chi connectivity index (χ1) is 29.7. The number of nitrogens with zero attached hydrogens (tertiary/aromatic N) is 4. The van der Waals surface area contributed by atoms with Crippen molar-refractivity contribution in [2.45, 2.75) is 0 Å². The van der Waals surface area contributed by atoms with Gasteiger partial charge in [0.1, 0.15) is 11.2 Å². The molecule has 0 aliphatic heterocycles. The van der Waals surface area contributed by atoms with E-state index in [4.69, 9.17) is 24.4 Å². The van der Waals surface area contributed by atoms with Crippen molar-refractivity contribution in [1.82, 2.24) is 19.9 Å². The molecule has 0 bridgehead atoms. The molecule has 0 aliphatic rings. The summed E-state index contributed by atoms with van der Waals surface area (Å²) in [6.45, 7) is 0. The quantitative estimate of drug-likeness (QED) is 0.168. The van der Waals surface area contributed by atoms with Crippen molar-refractivity contribution in [2.75, 3.05) is 0 Å². The van der Waals surface area contributed by atoms with E-state index in [0.717, 1.165) is 82.9 Å². The Kier molecular flexibility index (Phi) is 7.96. The maximum absolute atomic E-state index is 6.55. The smallest absolute Gasteiger partial charge is 0.164 e. The van der Waals surface area contributed by atoms with Crippen LogP contribution in [0, 0.1) is 0 Å². The summed E-state index contributed by atoms with van der Waals surface area (Å²) in [5.74, 6) is 1.86. The molecule has 0 unspecified atom stereocenters. The van der Waals surface area contributed by atoms with Crippen LogP contribution in [0.1, 0.15) is 0 Å². The second kappa shape index (κ2) is 13.9. The number of aromatic nitrogens is 4. The highest BCUT2D eigenvalue weighted by atomic mass is 32.1. The number of fused-ring (bicyclic) bond motifs is 8. The van der Waals surface area contributed by atoms with Crippen molar-refractivity contribution in [3.05, 3.63) is 194 Å². The largest absolute Gasteiger partial charge is 0.455 e. The second-order valence-corrected chi connectivity index (χ2v) is 16.0. The highest BCUT2D eigenvalue weighted by Gasteiger charge is 2.21. The summed E-state index contributed by atoms with van der Waals surface area (Å²) >= 11 is 1.82. The van der Waals surface area contributed by atoms with Gasteiger partial charge >= 0.3 is 0 Å². The van der Waals surface area contributed by atoms with Crippen LogP contribution < -0.4 is 0 Å². The number of hydrogen-bond acceptors (Lipinski definition) is 6. The molecule has 4 aromatic heterocycles. The molecule has 0 amide bonds. The fraction of sp³-hybridized carbons (Fsp3) is 0. The molecule has 4 heterocycles. The van der Waals surface area contributed by atoms with Crippen LogP contribution in [0.4, 0.5) is 0 Å². The van der Waals surface area contributed by atoms with Crippen LogP contribution in [0.3, 0.4) is 0 Å². The summed E-state index contributed by atoms with van der Waals surface area (Å²) < 4.78 is 8.99. The topological polar surface area (TPSA) is 64.7 Å². The normalized spacial score (nSPS) is 11.7. The summed E-state index contributed by atoms with van der Waals surface area (Å²) in [5, 5.41) is 5.68. The van der Waals surface area contributed by atoms with E-state index in [-0.39, 0.29) is 0 Å². The third-order valence-electron chi connectivity index (χ3n) is 11.4. The van der Waals surface area contributed by atoms with Crippen molar-refractivity contribution in [2.24, 2.45) is 0 Å². The lowest BCUT2D eigenvalue weighted by Gasteiger charge is -2.12. The van der Waals surface area contributed by atoms with Gasteiger partial charge < -0.3 is 4.42 Å². The highest BCUT2D eigenvalue weighted by molar-refractivity contribution is 7.26. The Bertz CT molecular complexity index is 3580. The number of thiophene rings is 1. The average Bonchev–Trinajstić information content (AvgIpc) is 3.91. The predicted octanol–water partition coefficient (Wildman–Crippen LogP) is 14.7. The minimum absolute atomic E-state index is 0.608. The van der Waals surface area contributed by atoms with E-state index in [0.29, 0.717) is 17.5 Å². The molecule has 280 valence electrons. The number of benzene rings is 8. The average molecular weight is 785 g/mol. The van der Waals surface area contributed by atoms with Gasteiger partial charge in [0, 0.05) is 69.7 Å². The van der Waals surface area contributed by atoms with Crippen molar-refractivity contribution in [1.29, 1.82) is 0 Å². The molecule has 5 nitrogen and oxygen atoms in total. The fourth-order valence-electron chi connectivity index (χ4n) is 8.44. The Morgan fingerprint density at radius 3 is 1.55 bits per heavy atom. The molecule has 0 aliphatic carbocycles. The monoisotopic (exact) mass is 784 g/mol. The van der Waals surface area contributed by atoms with Gasteiger partial charge in [-0.1, -0.05) is 182 Å². The highest BCUT2D eigenvalue weighted by Crippen LogP contribution is 2.46. The summed E-state index contributed by atoms with van der Waals surface area (Å²) in [6.07, 6.45) is 0. The van der Waals surface area contributed by atoms with Crippen LogP contribution in [0.15, 0.2) is 199 Å².